The Bertz CT molecular complexity index is 353. The third-order valence-electron chi connectivity index (χ3n) is 4.88. The van der Waals surface area contributed by atoms with Crippen molar-refractivity contribution in [2.75, 3.05) is 19.6 Å². The van der Waals surface area contributed by atoms with Crippen molar-refractivity contribution in [3.8, 4) is 0 Å². The molecule has 1 saturated heterocycles. The lowest BCUT2D eigenvalue weighted by Gasteiger charge is -2.28. The first-order chi connectivity index (χ1) is 9.35. The monoisotopic (exact) mass is 293 g/mol. The summed E-state index contributed by atoms with van der Waals surface area (Å²) in [7, 11) is 0. The van der Waals surface area contributed by atoms with Crippen LogP contribution in [0.3, 0.4) is 0 Å². The summed E-state index contributed by atoms with van der Waals surface area (Å²) in [5.74, 6) is -1.13. The number of hydrogen-bond donors (Lipinski definition) is 1. The number of carboxylic acids is 1. The summed E-state index contributed by atoms with van der Waals surface area (Å²) < 4.78 is 39.1. The lowest BCUT2D eigenvalue weighted by atomic mass is 9.86. The zero-order chi connectivity index (χ0) is 14.8. The van der Waals surface area contributed by atoms with Crippen molar-refractivity contribution >= 4 is 5.97 Å². The Balaban J connectivity index is 1.88. The molecule has 2 aliphatic rings. The smallest absolute Gasteiger partial charge is 0.406 e. The first-order valence-electron chi connectivity index (χ1n) is 7.38. The summed E-state index contributed by atoms with van der Waals surface area (Å²) in [4.78, 5) is 12.8. The maximum Gasteiger partial charge on any atom is 0.406 e. The highest BCUT2D eigenvalue weighted by atomic mass is 19.4. The minimum Gasteiger partial charge on any atom is -0.481 e. The molecule has 6 heteroatoms. The zero-order valence-corrected chi connectivity index (χ0v) is 11.6. The first kappa shape index (κ1) is 15.6. The molecule has 0 aromatic carbocycles. The van der Waals surface area contributed by atoms with Crippen LogP contribution in [0.5, 0.6) is 0 Å². The van der Waals surface area contributed by atoms with Gasteiger partial charge >= 0.3 is 12.1 Å². The normalized spacial score (nSPS) is 29.8. The number of rotatable bonds is 4. The predicted octanol–water partition coefficient (Wildman–Crippen LogP) is 3.30. The van der Waals surface area contributed by atoms with Gasteiger partial charge in [-0.3, -0.25) is 4.79 Å². The predicted molar refractivity (Wildman–Crippen MR) is 68.4 cm³/mol. The molecule has 1 atom stereocenters. The zero-order valence-electron chi connectivity index (χ0n) is 11.6. The van der Waals surface area contributed by atoms with Gasteiger partial charge in [0.25, 0.3) is 0 Å². The molecular formula is C14H22F3NO2. The molecule has 1 aliphatic carbocycles. The van der Waals surface area contributed by atoms with Crippen LogP contribution in [0.25, 0.3) is 0 Å². The van der Waals surface area contributed by atoms with Crippen molar-refractivity contribution in [1.82, 2.24) is 4.90 Å². The molecule has 1 N–H and O–H groups in total. The maximum atomic E-state index is 13.0. The molecule has 116 valence electrons. The minimum absolute atomic E-state index is 0.235. The van der Waals surface area contributed by atoms with Gasteiger partial charge in [-0.15, -0.1) is 0 Å². The Labute approximate surface area is 117 Å². The highest BCUT2D eigenvalue weighted by molar-refractivity contribution is 5.76. The van der Waals surface area contributed by atoms with Crippen LogP contribution in [-0.4, -0.2) is 41.8 Å². The quantitative estimate of drug-likeness (QED) is 0.864. The Kier molecular flexibility index (Phi) is 4.62. The second kappa shape index (κ2) is 5.92. The fourth-order valence-electron chi connectivity index (χ4n) is 3.45. The molecule has 20 heavy (non-hydrogen) atoms. The second-order valence-electron chi connectivity index (χ2n) is 6.20. The van der Waals surface area contributed by atoms with Crippen LogP contribution in [0.4, 0.5) is 13.2 Å². The van der Waals surface area contributed by atoms with Crippen molar-refractivity contribution in [2.24, 2.45) is 11.3 Å². The van der Waals surface area contributed by atoms with E-state index >= 15 is 0 Å². The summed E-state index contributed by atoms with van der Waals surface area (Å²) in [6.07, 6.45) is 1.92. The summed E-state index contributed by atoms with van der Waals surface area (Å²) >= 11 is 0. The van der Waals surface area contributed by atoms with Crippen LogP contribution >= 0.6 is 0 Å². The van der Waals surface area contributed by atoms with Gasteiger partial charge in [0.2, 0.25) is 0 Å². The molecule has 3 nitrogen and oxygen atoms in total. The van der Waals surface area contributed by atoms with Crippen LogP contribution in [0.1, 0.15) is 44.9 Å². The second-order valence-corrected chi connectivity index (χ2v) is 6.20. The van der Waals surface area contributed by atoms with Crippen molar-refractivity contribution in [3.05, 3.63) is 0 Å². The molecule has 1 unspecified atom stereocenters. The van der Waals surface area contributed by atoms with E-state index in [9.17, 15) is 18.0 Å². The van der Waals surface area contributed by atoms with Gasteiger partial charge in [-0.1, -0.05) is 32.1 Å². The maximum absolute atomic E-state index is 13.0. The van der Waals surface area contributed by atoms with Gasteiger partial charge in [0.05, 0.1) is 0 Å². The number of halogens is 3. The molecule has 1 saturated carbocycles. The molecule has 0 spiro atoms. The fourth-order valence-corrected chi connectivity index (χ4v) is 3.45. The van der Waals surface area contributed by atoms with Crippen LogP contribution in [0, 0.1) is 11.3 Å². The summed E-state index contributed by atoms with van der Waals surface area (Å²) in [5, 5.41) is 8.99. The number of likely N-dealkylation sites (tertiary alicyclic amines) is 1. The van der Waals surface area contributed by atoms with E-state index in [1.807, 2.05) is 0 Å². The van der Waals surface area contributed by atoms with E-state index in [-0.39, 0.29) is 13.0 Å². The third kappa shape index (κ3) is 3.10. The number of carboxylic acid groups (broad SMARTS) is 1. The van der Waals surface area contributed by atoms with Crippen LogP contribution in [-0.2, 0) is 4.79 Å². The Morgan fingerprint density at radius 1 is 1.25 bits per heavy atom. The molecule has 0 bridgehead atoms. The number of hydrogen-bond acceptors (Lipinski definition) is 2. The molecule has 1 heterocycles. The Morgan fingerprint density at radius 3 is 2.40 bits per heavy atom. The number of aliphatic carboxylic acids is 1. The molecule has 0 aromatic heterocycles. The molecule has 0 aromatic rings. The number of carbonyl (C=O) groups is 1. The lowest BCUT2D eigenvalue weighted by Crippen LogP contribution is -2.47. The average molecular weight is 293 g/mol. The SMILES string of the molecule is O=C(O)C1(C(F)(F)F)CCN(CCC2CCCCC2)C1. The van der Waals surface area contributed by atoms with E-state index in [0.29, 0.717) is 12.5 Å². The van der Waals surface area contributed by atoms with Crippen LogP contribution in [0.2, 0.25) is 0 Å². The highest BCUT2D eigenvalue weighted by Crippen LogP contribution is 2.45. The van der Waals surface area contributed by atoms with E-state index in [2.05, 4.69) is 0 Å². The number of nitrogens with zero attached hydrogens (tertiary/aromatic N) is 1. The van der Waals surface area contributed by atoms with Gasteiger partial charge < -0.3 is 10.0 Å². The van der Waals surface area contributed by atoms with Gasteiger partial charge in [-0.05, 0) is 31.8 Å². The van der Waals surface area contributed by atoms with E-state index in [1.54, 1.807) is 4.90 Å². The molecule has 2 fully saturated rings. The first-order valence-corrected chi connectivity index (χ1v) is 7.38. The Morgan fingerprint density at radius 2 is 1.90 bits per heavy atom. The van der Waals surface area contributed by atoms with E-state index in [0.717, 1.165) is 19.3 Å². The summed E-state index contributed by atoms with van der Waals surface area (Å²) in [6.45, 7) is 0.437. The third-order valence-corrected chi connectivity index (χ3v) is 4.88. The highest BCUT2D eigenvalue weighted by Gasteiger charge is 2.63. The van der Waals surface area contributed by atoms with Gasteiger partial charge in [0.1, 0.15) is 0 Å². The Hall–Kier alpha value is -0.780. The van der Waals surface area contributed by atoms with Crippen molar-refractivity contribution in [2.45, 2.75) is 51.1 Å². The van der Waals surface area contributed by atoms with E-state index < -0.39 is 24.1 Å². The van der Waals surface area contributed by atoms with Crippen molar-refractivity contribution in [3.63, 3.8) is 0 Å². The summed E-state index contributed by atoms with van der Waals surface area (Å²) in [5.41, 5.74) is -2.56. The van der Waals surface area contributed by atoms with E-state index in [1.165, 1.54) is 19.3 Å². The summed E-state index contributed by atoms with van der Waals surface area (Å²) in [6, 6.07) is 0. The minimum atomic E-state index is -4.67. The molecule has 1 aliphatic heterocycles. The van der Waals surface area contributed by atoms with Gasteiger partial charge in [0.15, 0.2) is 5.41 Å². The average Bonchev–Trinajstić information content (AvgIpc) is 2.83. The number of alkyl halides is 3. The topological polar surface area (TPSA) is 40.5 Å². The van der Waals surface area contributed by atoms with Crippen LogP contribution in [0.15, 0.2) is 0 Å². The standard InChI is InChI=1S/C14H22F3NO2/c15-14(16,17)13(12(19)20)7-9-18(10-13)8-6-11-4-2-1-3-5-11/h11H,1-10H2,(H,19,20). The van der Waals surface area contributed by atoms with Crippen molar-refractivity contribution < 1.29 is 23.1 Å². The molecule has 0 radical (unpaired) electrons. The van der Waals surface area contributed by atoms with Gasteiger partial charge in [0, 0.05) is 6.54 Å². The lowest BCUT2D eigenvalue weighted by molar-refractivity contribution is -0.227. The molecular weight excluding hydrogens is 271 g/mol. The van der Waals surface area contributed by atoms with E-state index in [4.69, 9.17) is 5.11 Å². The molecule has 0 amide bonds. The fraction of sp³-hybridized carbons (Fsp3) is 0.929. The molecule has 2 rings (SSSR count). The van der Waals surface area contributed by atoms with Gasteiger partial charge in [-0.25, -0.2) is 0 Å². The largest absolute Gasteiger partial charge is 0.481 e. The van der Waals surface area contributed by atoms with Crippen LogP contribution < -0.4 is 0 Å². The van der Waals surface area contributed by atoms with Gasteiger partial charge in [-0.2, -0.15) is 13.2 Å². The van der Waals surface area contributed by atoms with Crippen molar-refractivity contribution in [1.29, 1.82) is 0 Å².